The molecule has 0 saturated heterocycles. The van der Waals surface area contributed by atoms with Gasteiger partial charge in [0.25, 0.3) is 5.91 Å². The maximum Gasteiger partial charge on any atom is 0.303 e. The maximum absolute atomic E-state index is 13.2. The Morgan fingerprint density at radius 1 is 1.00 bits per heavy atom. The van der Waals surface area contributed by atoms with E-state index >= 15 is 0 Å². The zero-order valence-electron chi connectivity index (χ0n) is 22.1. The van der Waals surface area contributed by atoms with Crippen molar-refractivity contribution in [1.82, 2.24) is 4.90 Å². The molecule has 0 atom stereocenters. The zero-order chi connectivity index (χ0) is 28.1. The number of anilines is 3. The number of carboxylic acid groups (broad SMARTS) is 1. The van der Waals surface area contributed by atoms with E-state index in [1.807, 2.05) is 67.5 Å². The SMILES string of the molecule is CC(=O)N(CCN(C)C)c1ccc(N/C(=C2\C(=O)Nc3cc(Cl)ccc32)c2cccc(CCC(=O)O)c2)cc1. The van der Waals surface area contributed by atoms with Gasteiger partial charge in [0.05, 0.1) is 17.0 Å². The minimum absolute atomic E-state index is 0.00649. The second-order valence-electron chi connectivity index (χ2n) is 9.63. The van der Waals surface area contributed by atoms with Gasteiger partial charge < -0.3 is 25.5 Å². The van der Waals surface area contributed by atoms with Gasteiger partial charge in [0, 0.05) is 48.4 Å². The van der Waals surface area contributed by atoms with E-state index in [1.165, 1.54) is 0 Å². The summed E-state index contributed by atoms with van der Waals surface area (Å²) >= 11 is 6.17. The van der Waals surface area contributed by atoms with Gasteiger partial charge >= 0.3 is 5.97 Å². The van der Waals surface area contributed by atoms with Gasteiger partial charge in [0.1, 0.15) is 0 Å². The van der Waals surface area contributed by atoms with Gasteiger partial charge in [-0.15, -0.1) is 0 Å². The Morgan fingerprint density at radius 3 is 2.41 bits per heavy atom. The van der Waals surface area contributed by atoms with E-state index in [-0.39, 0.29) is 18.2 Å². The third-order valence-corrected chi connectivity index (χ3v) is 6.65. The number of carbonyl (C=O) groups excluding carboxylic acids is 2. The summed E-state index contributed by atoms with van der Waals surface area (Å²) in [4.78, 5) is 40.4. The number of rotatable bonds is 10. The minimum atomic E-state index is -0.872. The molecule has 202 valence electrons. The third kappa shape index (κ3) is 6.85. The third-order valence-electron chi connectivity index (χ3n) is 6.42. The first-order valence-corrected chi connectivity index (χ1v) is 13.0. The number of nitrogens with one attached hydrogen (secondary N) is 2. The molecular formula is C30H31ClN4O4. The number of carboxylic acids is 1. The lowest BCUT2D eigenvalue weighted by Crippen LogP contribution is -2.35. The van der Waals surface area contributed by atoms with E-state index < -0.39 is 5.97 Å². The number of fused-ring (bicyclic) bond motifs is 1. The molecule has 39 heavy (non-hydrogen) atoms. The van der Waals surface area contributed by atoms with Crippen molar-refractivity contribution >= 4 is 57.7 Å². The first-order chi connectivity index (χ1) is 18.6. The molecule has 3 aromatic rings. The minimum Gasteiger partial charge on any atom is -0.481 e. The summed E-state index contributed by atoms with van der Waals surface area (Å²) in [5.41, 5.74) is 5.46. The summed E-state index contributed by atoms with van der Waals surface area (Å²) in [5, 5.41) is 16.0. The maximum atomic E-state index is 13.2. The Morgan fingerprint density at radius 2 is 1.74 bits per heavy atom. The predicted octanol–water partition coefficient (Wildman–Crippen LogP) is 5.20. The lowest BCUT2D eigenvalue weighted by atomic mass is 9.97. The molecule has 4 rings (SSSR count). The molecule has 0 saturated carbocycles. The van der Waals surface area contributed by atoms with Crippen LogP contribution >= 0.6 is 11.6 Å². The molecular weight excluding hydrogens is 516 g/mol. The number of nitrogens with zero attached hydrogens (tertiary/aromatic N) is 2. The number of hydrogen-bond donors (Lipinski definition) is 3. The van der Waals surface area contributed by atoms with E-state index in [0.717, 1.165) is 29.0 Å². The van der Waals surface area contributed by atoms with Crippen LogP contribution in [0.1, 0.15) is 30.0 Å². The second kappa shape index (κ2) is 12.1. The lowest BCUT2D eigenvalue weighted by molar-refractivity contribution is -0.137. The van der Waals surface area contributed by atoms with Crippen LogP contribution in [0.3, 0.4) is 0 Å². The summed E-state index contributed by atoms with van der Waals surface area (Å²) < 4.78 is 0. The first kappa shape index (κ1) is 27.9. The van der Waals surface area contributed by atoms with Crippen molar-refractivity contribution in [3.8, 4) is 0 Å². The topological polar surface area (TPSA) is 102 Å². The molecule has 3 N–H and O–H groups in total. The zero-order valence-corrected chi connectivity index (χ0v) is 22.9. The number of benzene rings is 3. The van der Waals surface area contributed by atoms with Gasteiger partial charge in [-0.25, -0.2) is 0 Å². The van der Waals surface area contributed by atoms with Crippen LogP contribution in [-0.4, -0.2) is 55.0 Å². The summed E-state index contributed by atoms with van der Waals surface area (Å²) in [6.07, 6.45) is 0.374. The van der Waals surface area contributed by atoms with Crippen LogP contribution in [0.15, 0.2) is 66.7 Å². The summed E-state index contributed by atoms with van der Waals surface area (Å²) in [6, 6.07) is 20.2. The molecule has 9 heteroatoms. The van der Waals surface area contributed by atoms with Crippen molar-refractivity contribution in [2.45, 2.75) is 19.8 Å². The molecule has 8 nitrogen and oxygen atoms in total. The van der Waals surface area contributed by atoms with Crippen molar-refractivity contribution in [2.24, 2.45) is 0 Å². The van der Waals surface area contributed by atoms with Gasteiger partial charge in [-0.05, 0) is 74.1 Å². The van der Waals surface area contributed by atoms with Crippen molar-refractivity contribution in [2.75, 3.05) is 42.7 Å². The molecule has 0 radical (unpaired) electrons. The molecule has 0 spiro atoms. The van der Waals surface area contributed by atoms with Crippen molar-refractivity contribution in [3.63, 3.8) is 0 Å². The number of likely N-dealkylation sites (N-methyl/N-ethyl adjacent to an activating group) is 1. The first-order valence-electron chi connectivity index (χ1n) is 12.6. The molecule has 1 aliphatic rings. The number of aryl methyl sites for hydroxylation is 1. The smallest absolute Gasteiger partial charge is 0.303 e. The van der Waals surface area contributed by atoms with Crippen LogP contribution in [0.2, 0.25) is 5.02 Å². The Hall–Kier alpha value is -4.14. The van der Waals surface area contributed by atoms with Crippen LogP contribution in [0.4, 0.5) is 17.1 Å². The van der Waals surface area contributed by atoms with E-state index in [1.54, 1.807) is 30.0 Å². The highest BCUT2D eigenvalue weighted by molar-refractivity contribution is 6.38. The van der Waals surface area contributed by atoms with Crippen molar-refractivity contribution in [3.05, 3.63) is 88.4 Å². The average molecular weight is 547 g/mol. The summed E-state index contributed by atoms with van der Waals surface area (Å²) in [7, 11) is 3.92. The summed E-state index contributed by atoms with van der Waals surface area (Å²) in [5.74, 6) is -1.19. The monoisotopic (exact) mass is 546 g/mol. The lowest BCUT2D eigenvalue weighted by Gasteiger charge is -2.23. The quantitative estimate of drug-likeness (QED) is 0.302. The van der Waals surface area contributed by atoms with Gasteiger partial charge in [-0.2, -0.15) is 0 Å². The normalized spacial score (nSPS) is 13.6. The molecule has 3 aromatic carbocycles. The van der Waals surface area contributed by atoms with Gasteiger partial charge in [-0.3, -0.25) is 14.4 Å². The number of amides is 2. The van der Waals surface area contributed by atoms with Crippen LogP contribution in [-0.2, 0) is 20.8 Å². The summed E-state index contributed by atoms with van der Waals surface area (Å²) in [6.45, 7) is 2.84. The largest absolute Gasteiger partial charge is 0.481 e. The van der Waals surface area contributed by atoms with E-state index in [4.69, 9.17) is 16.7 Å². The van der Waals surface area contributed by atoms with Crippen LogP contribution in [0.25, 0.3) is 11.3 Å². The molecule has 1 aliphatic heterocycles. The Kier molecular flexibility index (Phi) is 8.69. The highest BCUT2D eigenvalue weighted by atomic mass is 35.5. The van der Waals surface area contributed by atoms with Crippen LogP contribution in [0, 0.1) is 0 Å². The number of aliphatic carboxylic acids is 1. The average Bonchev–Trinajstić information content (AvgIpc) is 3.21. The predicted molar refractivity (Wildman–Crippen MR) is 156 cm³/mol. The number of halogens is 1. The van der Waals surface area contributed by atoms with E-state index in [0.29, 0.717) is 40.5 Å². The molecule has 2 amide bonds. The van der Waals surface area contributed by atoms with Crippen molar-refractivity contribution < 1.29 is 19.5 Å². The fraction of sp³-hybridized carbons (Fsp3) is 0.233. The number of carbonyl (C=O) groups is 3. The van der Waals surface area contributed by atoms with Crippen molar-refractivity contribution in [1.29, 1.82) is 0 Å². The Bertz CT molecular complexity index is 1430. The highest BCUT2D eigenvalue weighted by Crippen LogP contribution is 2.39. The molecule has 0 aromatic heterocycles. The van der Waals surface area contributed by atoms with E-state index in [9.17, 15) is 14.4 Å². The van der Waals surface area contributed by atoms with Gasteiger partial charge in [-0.1, -0.05) is 35.9 Å². The Balaban J connectivity index is 1.74. The van der Waals surface area contributed by atoms with Gasteiger partial charge in [0.15, 0.2) is 0 Å². The molecule has 1 heterocycles. The number of hydrogen-bond acceptors (Lipinski definition) is 5. The Labute approximate surface area is 232 Å². The highest BCUT2D eigenvalue weighted by Gasteiger charge is 2.29. The van der Waals surface area contributed by atoms with Gasteiger partial charge in [0.2, 0.25) is 5.91 Å². The van der Waals surface area contributed by atoms with Crippen LogP contribution < -0.4 is 15.5 Å². The fourth-order valence-corrected chi connectivity index (χ4v) is 4.62. The molecule has 0 unspecified atom stereocenters. The standard InChI is InChI=1S/C30H31ClN4O4/c1-19(36)35(16-15-34(2)3)24-11-9-23(10-12-24)32-29(21-6-4-5-20(17-21)7-14-27(37)38)28-25-13-8-22(31)18-26(25)33-30(28)39/h4-6,8-13,17-18,32H,7,14-16H2,1-3H3,(H,33,39)(H,37,38)/b29-28-. The van der Waals surface area contributed by atoms with Crippen LogP contribution in [0.5, 0.6) is 0 Å². The second-order valence-corrected chi connectivity index (χ2v) is 10.1. The molecule has 0 bridgehead atoms. The fourth-order valence-electron chi connectivity index (χ4n) is 4.44. The molecule has 0 fully saturated rings. The molecule has 0 aliphatic carbocycles. The van der Waals surface area contributed by atoms with E-state index in [2.05, 4.69) is 10.6 Å².